The van der Waals surface area contributed by atoms with Gasteiger partial charge in [0.1, 0.15) is 0 Å². The van der Waals surface area contributed by atoms with Crippen molar-refractivity contribution in [1.29, 1.82) is 0 Å². The van der Waals surface area contributed by atoms with Gasteiger partial charge in [-0.15, -0.1) is 19.7 Å². The van der Waals surface area contributed by atoms with Crippen LogP contribution in [-0.4, -0.2) is 5.92 Å². The molecule has 0 atom stereocenters. The highest BCUT2D eigenvalue weighted by atomic mass is 19.3. The summed E-state index contributed by atoms with van der Waals surface area (Å²) in [6.07, 6.45) is 12.0. The highest BCUT2D eigenvalue weighted by molar-refractivity contribution is 5.45. The van der Waals surface area contributed by atoms with E-state index in [-0.39, 0.29) is 5.57 Å². The summed E-state index contributed by atoms with van der Waals surface area (Å²) in [5.74, 6) is -2.88. The maximum absolute atomic E-state index is 13.3. The van der Waals surface area contributed by atoms with Crippen molar-refractivity contribution < 1.29 is 8.78 Å². The molecule has 0 aromatic heterocycles. The van der Waals surface area contributed by atoms with Gasteiger partial charge in [0.05, 0.1) is 0 Å². The molecule has 0 radical (unpaired) electrons. The second kappa shape index (κ2) is 20.0. The van der Waals surface area contributed by atoms with Gasteiger partial charge in [0.25, 0.3) is 5.92 Å². The van der Waals surface area contributed by atoms with E-state index in [0.717, 1.165) is 44.6 Å². The molecule has 1 rings (SSSR count). The molecule has 0 aliphatic rings. The zero-order valence-corrected chi connectivity index (χ0v) is 24.6. The Morgan fingerprint density at radius 1 is 0.943 bits per heavy atom. The molecule has 0 aliphatic carbocycles. The second-order valence-electron chi connectivity index (χ2n) is 10.1. The Bertz CT molecular complexity index is 775. The van der Waals surface area contributed by atoms with Crippen LogP contribution in [0.5, 0.6) is 0 Å². The minimum Gasteiger partial charge on any atom is -0.202 e. The summed E-state index contributed by atoms with van der Waals surface area (Å²) in [4.78, 5) is 0. The van der Waals surface area contributed by atoms with Gasteiger partial charge >= 0.3 is 0 Å². The van der Waals surface area contributed by atoms with Crippen molar-refractivity contribution in [3.05, 3.63) is 96.2 Å². The van der Waals surface area contributed by atoms with E-state index in [9.17, 15) is 8.78 Å². The Hall–Kier alpha value is -2.22. The third-order valence-electron chi connectivity index (χ3n) is 4.55. The fourth-order valence-electron chi connectivity index (χ4n) is 3.02. The predicted octanol–water partition coefficient (Wildman–Crippen LogP) is 11.2. The molecular formula is C33H54F2. The monoisotopic (exact) mass is 488 g/mol. The van der Waals surface area contributed by atoms with Gasteiger partial charge in [-0.2, -0.15) is 0 Å². The van der Waals surface area contributed by atoms with E-state index in [2.05, 4.69) is 99.9 Å². The van der Waals surface area contributed by atoms with Gasteiger partial charge in [0.15, 0.2) is 0 Å². The Morgan fingerprint density at radius 2 is 1.43 bits per heavy atom. The fourth-order valence-corrected chi connectivity index (χ4v) is 3.02. The summed E-state index contributed by atoms with van der Waals surface area (Å²) in [6, 6.07) is 4.40. The van der Waals surface area contributed by atoms with E-state index >= 15 is 0 Å². The zero-order valence-electron chi connectivity index (χ0n) is 24.6. The molecule has 0 amide bonds. The molecule has 1 aromatic carbocycles. The van der Waals surface area contributed by atoms with Crippen molar-refractivity contribution in [3.63, 3.8) is 0 Å². The Labute approximate surface area is 217 Å². The van der Waals surface area contributed by atoms with Crippen LogP contribution in [0.25, 0.3) is 0 Å². The number of hydrogen-bond donors (Lipinski definition) is 0. The third kappa shape index (κ3) is 19.7. The summed E-state index contributed by atoms with van der Waals surface area (Å²) in [5.41, 5.74) is 6.87. The maximum atomic E-state index is 13.3. The number of aryl methyl sites for hydroxylation is 2. The Balaban J connectivity index is -0.000000872. The van der Waals surface area contributed by atoms with Crippen molar-refractivity contribution in [2.45, 2.75) is 107 Å². The van der Waals surface area contributed by atoms with Crippen molar-refractivity contribution >= 4 is 0 Å². The van der Waals surface area contributed by atoms with E-state index in [1.807, 2.05) is 6.92 Å². The van der Waals surface area contributed by atoms with Crippen LogP contribution in [-0.2, 0) is 19.3 Å². The number of hydrogen-bond acceptors (Lipinski definition) is 0. The van der Waals surface area contributed by atoms with Crippen LogP contribution < -0.4 is 0 Å². The molecule has 35 heavy (non-hydrogen) atoms. The van der Waals surface area contributed by atoms with Crippen LogP contribution in [0.15, 0.2) is 73.9 Å². The largest absolute Gasteiger partial charge is 0.269 e. The Morgan fingerprint density at radius 3 is 1.80 bits per heavy atom. The molecule has 1 aromatic rings. The molecule has 0 fully saturated rings. The summed E-state index contributed by atoms with van der Waals surface area (Å²) in [5, 5.41) is 0. The minimum absolute atomic E-state index is 0.151. The molecule has 0 spiro atoms. The van der Waals surface area contributed by atoms with E-state index < -0.39 is 5.92 Å². The molecular weight excluding hydrogens is 434 g/mol. The number of allylic oxidation sites excluding steroid dienone is 6. The van der Waals surface area contributed by atoms with Gasteiger partial charge in [0.2, 0.25) is 0 Å². The predicted molar refractivity (Wildman–Crippen MR) is 158 cm³/mol. The van der Waals surface area contributed by atoms with Crippen LogP contribution in [0.1, 0.15) is 97.4 Å². The molecule has 200 valence electrons. The molecule has 2 heteroatoms. The third-order valence-corrected chi connectivity index (χ3v) is 4.55. The van der Waals surface area contributed by atoms with Gasteiger partial charge in [-0.25, -0.2) is 8.78 Å². The summed E-state index contributed by atoms with van der Waals surface area (Å²) >= 11 is 0. The number of alkyl halides is 2. The summed E-state index contributed by atoms with van der Waals surface area (Å²) in [6.45, 7) is 33.0. The minimum atomic E-state index is -2.88. The molecule has 0 saturated heterocycles. The first kappa shape index (κ1) is 37.3. The van der Waals surface area contributed by atoms with Gasteiger partial charge < -0.3 is 0 Å². The zero-order chi connectivity index (χ0) is 28.2. The number of benzene rings is 1. The first-order valence-electron chi connectivity index (χ1n) is 12.8. The van der Waals surface area contributed by atoms with E-state index in [1.54, 1.807) is 12.2 Å². The maximum Gasteiger partial charge on any atom is 0.269 e. The number of halogens is 2. The SMILES string of the molecule is C=C.C=C(/C=C\C(=C/CC)Cc1c(C)ccc(CC)c1CCC)C(C)(F)F.C=CC.CC(C)(C)C. The van der Waals surface area contributed by atoms with Crippen LogP contribution in [0.2, 0.25) is 0 Å². The van der Waals surface area contributed by atoms with Crippen LogP contribution in [0.4, 0.5) is 8.78 Å². The first-order chi connectivity index (χ1) is 16.2. The molecule has 0 bridgehead atoms. The van der Waals surface area contributed by atoms with Crippen molar-refractivity contribution in [2.24, 2.45) is 5.41 Å². The molecule has 0 saturated carbocycles. The quantitative estimate of drug-likeness (QED) is 0.239. The normalized spacial score (nSPS) is 11.4. The lowest BCUT2D eigenvalue weighted by Crippen LogP contribution is -2.10. The molecule has 0 N–H and O–H groups in total. The average Bonchev–Trinajstić information content (AvgIpc) is 2.74. The molecule has 0 heterocycles. The lowest BCUT2D eigenvalue weighted by atomic mass is 9.88. The van der Waals surface area contributed by atoms with Gasteiger partial charge in [-0.1, -0.05) is 97.9 Å². The van der Waals surface area contributed by atoms with Crippen LogP contribution >= 0.6 is 0 Å². The molecule has 0 aliphatic heterocycles. The average molecular weight is 489 g/mol. The van der Waals surface area contributed by atoms with Crippen molar-refractivity contribution in [3.8, 4) is 0 Å². The van der Waals surface area contributed by atoms with Crippen LogP contribution in [0.3, 0.4) is 0 Å². The highest BCUT2D eigenvalue weighted by Gasteiger charge is 2.23. The highest BCUT2D eigenvalue weighted by Crippen LogP contribution is 2.26. The fraction of sp³-hybridized carbons (Fsp3) is 0.515. The summed E-state index contributed by atoms with van der Waals surface area (Å²) < 4.78 is 26.7. The second-order valence-corrected chi connectivity index (χ2v) is 10.1. The van der Waals surface area contributed by atoms with Crippen LogP contribution in [0, 0.1) is 12.3 Å². The Kier molecular flexibility index (Phi) is 21.4. The molecule has 0 unspecified atom stereocenters. The van der Waals surface area contributed by atoms with E-state index in [1.165, 1.54) is 28.3 Å². The smallest absolute Gasteiger partial charge is 0.202 e. The standard InChI is InChI=1S/C23H32F2.C5H12.C3H6.C2H4/c1-7-10-19(14-13-18(5)23(6,24)25)16-22-17(4)12-15-20(9-3)21(22)11-8-2;1-5(2,3)4;1-3-2;1-2/h10,12-15H,5,7-9,11,16H2,1-4,6H3;1-4H3;3H,1H2,2H3;1-2H2/b14-13-,19-10+;;;. The lowest BCUT2D eigenvalue weighted by Gasteiger charge is -2.17. The lowest BCUT2D eigenvalue weighted by molar-refractivity contribution is 0.0680. The van der Waals surface area contributed by atoms with Gasteiger partial charge in [0, 0.05) is 12.5 Å². The van der Waals surface area contributed by atoms with E-state index in [4.69, 9.17) is 0 Å². The summed E-state index contributed by atoms with van der Waals surface area (Å²) in [7, 11) is 0. The van der Waals surface area contributed by atoms with Crippen molar-refractivity contribution in [1.82, 2.24) is 0 Å². The number of rotatable bonds is 9. The molecule has 0 nitrogen and oxygen atoms in total. The topological polar surface area (TPSA) is 0 Å². The van der Waals surface area contributed by atoms with Gasteiger partial charge in [-0.3, -0.25) is 0 Å². The first-order valence-corrected chi connectivity index (χ1v) is 12.8. The van der Waals surface area contributed by atoms with Gasteiger partial charge in [-0.05, 0) is 72.8 Å². The van der Waals surface area contributed by atoms with Crippen molar-refractivity contribution in [2.75, 3.05) is 0 Å². The van der Waals surface area contributed by atoms with E-state index in [0.29, 0.717) is 5.41 Å².